The lowest BCUT2D eigenvalue weighted by molar-refractivity contribution is 0.0725. The van der Waals surface area contributed by atoms with Crippen LogP contribution in [0.1, 0.15) is 29.8 Å². The number of amides is 1. The molecule has 5 rings (SSSR count). The highest BCUT2D eigenvalue weighted by Gasteiger charge is 2.41. The van der Waals surface area contributed by atoms with Gasteiger partial charge in [-0.25, -0.2) is 9.97 Å². The van der Waals surface area contributed by atoms with E-state index in [1.807, 2.05) is 54.4 Å². The molecule has 0 spiro atoms. The predicted octanol–water partition coefficient (Wildman–Crippen LogP) is 3.24. The molecule has 1 saturated heterocycles. The zero-order valence-electron chi connectivity index (χ0n) is 17.1. The minimum Gasteiger partial charge on any atom is -0.341 e. The standard InChI is InChI=1S/C23H26N6O/c1-28(22(30)21-14-20(26-27-21)16-6-3-2-4-7-16)19-12-17-8-11-29(15-18(17)13-19)23-24-9-5-10-25-23/h2-7,9-10,14,17-19H,8,11-13,15H2,1H3,(H,26,27)/t17-,18-,19+/m1/s1. The number of nitrogens with zero attached hydrogens (tertiary/aromatic N) is 5. The summed E-state index contributed by atoms with van der Waals surface area (Å²) in [5.41, 5.74) is 2.35. The molecule has 2 fully saturated rings. The Balaban J connectivity index is 1.25. The first kappa shape index (κ1) is 18.8. The lowest BCUT2D eigenvalue weighted by Crippen LogP contribution is -2.39. The van der Waals surface area contributed by atoms with Crippen molar-refractivity contribution >= 4 is 11.9 Å². The van der Waals surface area contributed by atoms with E-state index in [-0.39, 0.29) is 11.9 Å². The second-order valence-corrected chi connectivity index (χ2v) is 8.38. The summed E-state index contributed by atoms with van der Waals surface area (Å²) in [7, 11) is 1.92. The van der Waals surface area contributed by atoms with Gasteiger partial charge in [0.05, 0.1) is 5.69 Å². The predicted molar refractivity (Wildman–Crippen MR) is 115 cm³/mol. The van der Waals surface area contributed by atoms with Crippen molar-refractivity contribution < 1.29 is 4.79 Å². The van der Waals surface area contributed by atoms with Gasteiger partial charge in [0.25, 0.3) is 5.91 Å². The van der Waals surface area contributed by atoms with E-state index in [0.717, 1.165) is 49.6 Å². The van der Waals surface area contributed by atoms with E-state index < -0.39 is 0 Å². The number of hydrogen-bond donors (Lipinski definition) is 1. The van der Waals surface area contributed by atoms with Crippen molar-refractivity contribution in [3.05, 3.63) is 60.6 Å². The van der Waals surface area contributed by atoms with Crippen LogP contribution in [0.15, 0.2) is 54.9 Å². The van der Waals surface area contributed by atoms with E-state index in [9.17, 15) is 4.79 Å². The molecule has 3 heterocycles. The summed E-state index contributed by atoms with van der Waals surface area (Å²) in [5.74, 6) is 2.06. The molecule has 1 aromatic carbocycles. The Morgan fingerprint density at radius 2 is 1.87 bits per heavy atom. The molecular formula is C23H26N6O. The topological polar surface area (TPSA) is 78.0 Å². The van der Waals surface area contributed by atoms with Crippen molar-refractivity contribution in [2.24, 2.45) is 11.8 Å². The molecule has 3 aromatic rings. The molecule has 1 aliphatic carbocycles. The molecule has 7 heteroatoms. The quantitative estimate of drug-likeness (QED) is 0.725. The van der Waals surface area contributed by atoms with Gasteiger partial charge < -0.3 is 9.80 Å². The summed E-state index contributed by atoms with van der Waals surface area (Å²) in [4.78, 5) is 26.1. The van der Waals surface area contributed by atoms with Gasteiger partial charge >= 0.3 is 0 Å². The van der Waals surface area contributed by atoms with Crippen LogP contribution in [0.2, 0.25) is 0 Å². The number of anilines is 1. The van der Waals surface area contributed by atoms with Crippen LogP contribution in [0.25, 0.3) is 11.3 Å². The SMILES string of the molecule is CN(C(=O)c1cc(-c2ccccc2)n[nH]1)[C@H]1C[C@H]2CCN(c3ncccn3)C[C@H]2C1. The van der Waals surface area contributed by atoms with E-state index in [4.69, 9.17) is 0 Å². The van der Waals surface area contributed by atoms with Gasteiger partial charge in [-0.15, -0.1) is 0 Å². The van der Waals surface area contributed by atoms with Crippen LogP contribution in [0.3, 0.4) is 0 Å². The zero-order chi connectivity index (χ0) is 20.5. The van der Waals surface area contributed by atoms with Gasteiger partial charge in [0.1, 0.15) is 5.69 Å². The average molecular weight is 403 g/mol. The van der Waals surface area contributed by atoms with Gasteiger partial charge in [0.2, 0.25) is 5.95 Å². The largest absolute Gasteiger partial charge is 0.341 e. The molecule has 0 bridgehead atoms. The van der Waals surface area contributed by atoms with Crippen LogP contribution in [0.4, 0.5) is 5.95 Å². The molecule has 1 N–H and O–H groups in total. The van der Waals surface area contributed by atoms with Crippen molar-refractivity contribution in [1.82, 2.24) is 25.1 Å². The van der Waals surface area contributed by atoms with E-state index in [1.165, 1.54) is 0 Å². The number of piperidine rings is 1. The summed E-state index contributed by atoms with van der Waals surface area (Å²) in [6.07, 6.45) is 6.81. The van der Waals surface area contributed by atoms with Gasteiger partial charge in [0.15, 0.2) is 0 Å². The van der Waals surface area contributed by atoms with E-state index >= 15 is 0 Å². The number of H-pyrrole nitrogens is 1. The number of carbonyl (C=O) groups excluding carboxylic acids is 1. The molecular weight excluding hydrogens is 376 g/mol. The van der Waals surface area contributed by atoms with Crippen molar-refractivity contribution in [1.29, 1.82) is 0 Å². The molecule has 7 nitrogen and oxygen atoms in total. The maximum atomic E-state index is 13.1. The first-order valence-corrected chi connectivity index (χ1v) is 10.6. The number of hydrogen-bond acceptors (Lipinski definition) is 5. The van der Waals surface area contributed by atoms with Crippen LogP contribution in [0.5, 0.6) is 0 Å². The lowest BCUT2D eigenvalue weighted by Gasteiger charge is -2.34. The van der Waals surface area contributed by atoms with Crippen molar-refractivity contribution in [2.75, 3.05) is 25.0 Å². The van der Waals surface area contributed by atoms with Crippen LogP contribution in [0, 0.1) is 11.8 Å². The number of nitrogens with one attached hydrogen (secondary N) is 1. The zero-order valence-corrected chi connectivity index (χ0v) is 17.1. The van der Waals surface area contributed by atoms with E-state index in [2.05, 4.69) is 25.1 Å². The number of rotatable bonds is 4. The third kappa shape index (κ3) is 3.56. The minimum atomic E-state index is 0.0107. The van der Waals surface area contributed by atoms with Crippen LogP contribution in [-0.4, -0.2) is 57.2 Å². The van der Waals surface area contributed by atoms with Crippen molar-refractivity contribution in [2.45, 2.75) is 25.3 Å². The lowest BCUT2D eigenvalue weighted by atomic mass is 9.89. The summed E-state index contributed by atoms with van der Waals surface area (Å²) >= 11 is 0. The molecule has 1 amide bonds. The van der Waals surface area contributed by atoms with Crippen molar-refractivity contribution in [3.63, 3.8) is 0 Å². The van der Waals surface area contributed by atoms with E-state index in [1.54, 1.807) is 12.4 Å². The molecule has 0 unspecified atom stereocenters. The second-order valence-electron chi connectivity index (χ2n) is 8.38. The Kier molecular flexibility index (Phi) is 4.94. The first-order chi connectivity index (χ1) is 14.7. The monoisotopic (exact) mass is 402 g/mol. The van der Waals surface area contributed by atoms with Crippen molar-refractivity contribution in [3.8, 4) is 11.3 Å². The van der Waals surface area contributed by atoms with Gasteiger partial charge in [0, 0.05) is 44.1 Å². The maximum Gasteiger partial charge on any atom is 0.271 e. The Morgan fingerprint density at radius 1 is 1.10 bits per heavy atom. The third-order valence-electron chi connectivity index (χ3n) is 6.62. The number of carbonyl (C=O) groups is 1. The highest BCUT2D eigenvalue weighted by atomic mass is 16.2. The normalized spacial score (nSPS) is 23.2. The number of benzene rings is 1. The highest BCUT2D eigenvalue weighted by molar-refractivity contribution is 5.93. The molecule has 3 atom stereocenters. The Bertz CT molecular complexity index is 1000. The second kappa shape index (κ2) is 7.89. The van der Waals surface area contributed by atoms with Gasteiger partial charge in [-0.1, -0.05) is 30.3 Å². The fraction of sp³-hybridized carbons (Fsp3) is 0.391. The fourth-order valence-corrected chi connectivity index (χ4v) is 4.95. The highest BCUT2D eigenvalue weighted by Crippen LogP contribution is 2.40. The summed E-state index contributed by atoms with van der Waals surface area (Å²) < 4.78 is 0. The number of fused-ring (bicyclic) bond motifs is 1. The van der Waals surface area contributed by atoms with Gasteiger partial charge in [-0.3, -0.25) is 9.89 Å². The molecule has 2 aromatic heterocycles. The molecule has 30 heavy (non-hydrogen) atoms. The first-order valence-electron chi connectivity index (χ1n) is 10.6. The molecule has 1 aliphatic heterocycles. The van der Waals surface area contributed by atoms with Crippen LogP contribution >= 0.6 is 0 Å². The number of aromatic nitrogens is 4. The summed E-state index contributed by atoms with van der Waals surface area (Å²) in [6, 6.07) is 13.9. The Morgan fingerprint density at radius 3 is 2.67 bits per heavy atom. The van der Waals surface area contributed by atoms with Crippen LogP contribution < -0.4 is 4.90 Å². The summed E-state index contributed by atoms with van der Waals surface area (Å²) in [5, 5.41) is 7.27. The molecule has 1 saturated carbocycles. The van der Waals surface area contributed by atoms with Gasteiger partial charge in [-0.2, -0.15) is 5.10 Å². The fourth-order valence-electron chi connectivity index (χ4n) is 4.95. The minimum absolute atomic E-state index is 0.0107. The molecule has 154 valence electrons. The summed E-state index contributed by atoms with van der Waals surface area (Å²) in [6.45, 7) is 1.95. The Hall–Kier alpha value is -3.22. The maximum absolute atomic E-state index is 13.1. The average Bonchev–Trinajstić information content (AvgIpc) is 3.46. The molecule has 0 radical (unpaired) electrons. The Labute approximate surface area is 176 Å². The molecule has 2 aliphatic rings. The third-order valence-corrected chi connectivity index (χ3v) is 6.62. The van der Waals surface area contributed by atoms with Crippen LogP contribution in [-0.2, 0) is 0 Å². The smallest absolute Gasteiger partial charge is 0.271 e. The van der Waals surface area contributed by atoms with Gasteiger partial charge in [-0.05, 0) is 43.2 Å². The van der Waals surface area contributed by atoms with E-state index in [0.29, 0.717) is 17.5 Å². The number of aromatic amines is 1.